The minimum absolute atomic E-state index is 0. The molecule has 3 N–H and O–H groups in total. The van der Waals surface area contributed by atoms with E-state index in [1.54, 1.807) is 7.11 Å². The van der Waals surface area contributed by atoms with Gasteiger partial charge in [0.2, 0.25) is 0 Å². The maximum atomic E-state index is 5.87. The van der Waals surface area contributed by atoms with Gasteiger partial charge in [0.15, 0.2) is 5.96 Å². The summed E-state index contributed by atoms with van der Waals surface area (Å²) in [6.07, 6.45) is 1.23. The largest absolute Gasteiger partial charge is 0.383 e. The first-order chi connectivity index (χ1) is 9.01. The molecule has 1 saturated heterocycles. The van der Waals surface area contributed by atoms with Crippen molar-refractivity contribution in [1.82, 2.24) is 10.2 Å². The molecule has 0 spiro atoms. The summed E-state index contributed by atoms with van der Waals surface area (Å²) in [7, 11) is 1.69. The summed E-state index contributed by atoms with van der Waals surface area (Å²) in [5.41, 5.74) is 5.87. The molecule has 1 fully saturated rings. The van der Waals surface area contributed by atoms with E-state index >= 15 is 0 Å². The van der Waals surface area contributed by atoms with E-state index in [0.29, 0.717) is 18.5 Å². The van der Waals surface area contributed by atoms with Gasteiger partial charge in [0, 0.05) is 32.8 Å². The summed E-state index contributed by atoms with van der Waals surface area (Å²) in [6.45, 7) is 11.6. The van der Waals surface area contributed by atoms with Crippen molar-refractivity contribution in [2.75, 3.05) is 39.9 Å². The normalized spacial score (nSPS) is 21.9. The summed E-state index contributed by atoms with van der Waals surface area (Å²) < 4.78 is 5.05. The van der Waals surface area contributed by atoms with Crippen LogP contribution in [0.4, 0.5) is 0 Å². The molecule has 120 valence electrons. The average Bonchev–Trinajstić information content (AvgIpc) is 2.73. The number of aliphatic imine (C=N–C) groups is 1. The lowest BCUT2D eigenvalue weighted by molar-refractivity contribution is 0.179. The van der Waals surface area contributed by atoms with E-state index in [0.717, 1.165) is 19.0 Å². The number of hydrogen-bond donors (Lipinski definition) is 2. The van der Waals surface area contributed by atoms with Crippen LogP contribution in [-0.2, 0) is 4.74 Å². The summed E-state index contributed by atoms with van der Waals surface area (Å²) in [4.78, 5) is 6.97. The van der Waals surface area contributed by atoms with Crippen LogP contribution in [0.25, 0.3) is 0 Å². The highest BCUT2D eigenvalue weighted by atomic mass is 127. The van der Waals surface area contributed by atoms with E-state index in [2.05, 4.69) is 29.1 Å². The molecular weight excluding hydrogens is 367 g/mol. The molecule has 0 saturated carbocycles. The molecule has 1 aliphatic heterocycles. The Kier molecular flexibility index (Phi) is 10.6. The molecule has 1 aliphatic rings. The Balaban J connectivity index is 0.00000361. The van der Waals surface area contributed by atoms with Crippen molar-refractivity contribution in [1.29, 1.82) is 0 Å². The number of nitrogens with two attached hydrogens (primary N) is 1. The zero-order chi connectivity index (χ0) is 14.3. The lowest BCUT2D eigenvalue weighted by Crippen LogP contribution is -2.41. The molecule has 0 bridgehead atoms. The van der Waals surface area contributed by atoms with E-state index in [-0.39, 0.29) is 30.0 Å². The molecule has 1 rings (SSSR count). The maximum Gasteiger partial charge on any atom is 0.188 e. The number of rotatable bonds is 7. The molecule has 2 unspecified atom stereocenters. The molecule has 0 aliphatic carbocycles. The van der Waals surface area contributed by atoms with E-state index < -0.39 is 0 Å². The SMILES string of the molecule is COCC(C)NC(N)=NCC1CCN(CC(C)C)C1.I. The fourth-order valence-electron chi connectivity index (χ4n) is 2.56. The van der Waals surface area contributed by atoms with Gasteiger partial charge in [0.25, 0.3) is 0 Å². The van der Waals surface area contributed by atoms with Gasteiger partial charge in [0.05, 0.1) is 6.61 Å². The minimum atomic E-state index is 0. The number of methoxy groups -OCH3 is 1. The summed E-state index contributed by atoms with van der Waals surface area (Å²) in [6, 6.07) is 0.203. The van der Waals surface area contributed by atoms with Crippen molar-refractivity contribution in [3.8, 4) is 0 Å². The van der Waals surface area contributed by atoms with Crippen molar-refractivity contribution >= 4 is 29.9 Å². The van der Waals surface area contributed by atoms with Gasteiger partial charge >= 0.3 is 0 Å². The number of likely N-dealkylation sites (tertiary alicyclic amines) is 1. The Bertz CT molecular complexity index is 286. The number of guanidine groups is 1. The summed E-state index contributed by atoms with van der Waals surface area (Å²) in [5, 5.41) is 3.14. The Labute approximate surface area is 140 Å². The van der Waals surface area contributed by atoms with Crippen molar-refractivity contribution in [3.05, 3.63) is 0 Å². The summed E-state index contributed by atoms with van der Waals surface area (Å²) >= 11 is 0. The fraction of sp³-hybridized carbons (Fsp3) is 0.929. The van der Waals surface area contributed by atoms with Crippen molar-refractivity contribution in [3.63, 3.8) is 0 Å². The molecule has 1 heterocycles. The predicted octanol–water partition coefficient (Wildman–Crippen LogP) is 1.52. The number of halogens is 1. The van der Waals surface area contributed by atoms with Crippen LogP contribution in [0, 0.1) is 11.8 Å². The molecule has 0 aromatic heterocycles. The standard InChI is InChI=1S/C14H30N4O.HI/c1-11(2)8-18-6-5-13(9-18)7-16-14(15)17-12(3)10-19-4;/h11-13H,5-10H2,1-4H3,(H3,15,16,17);1H. The van der Waals surface area contributed by atoms with Gasteiger partial charge < -0.3 is 20.7 Å². The quantitative estimate of drug-likeness (QED) is 0.388. The molecule has 20 heavy (non-hydrogen) atoms. The zero-order valence-corrected chi connectivity index (χ0v) is 15.6. The highest BCUT2D eigenvalue weighted by Crippen LogP contribution is 2.17. The molecule has 2 atom stereocenters. The van der Waals surface area contributed by atoms with Gasteiger partial charge in [-0.3, -0.25) is 4.99 Å². The zero-order valence-electron chi connectivity index (χ0n) is 13.3. The average molecular weight is 398 g/mol. The molecule has 0 aromatic rings. The molecule has 0 aromatic carbocycles. The van der Waals surface area contributed by atoms with E-state index in [4.69, 9.17) is 10.5 Å². The van der Waals surface area contributed by atoms with Gasteiger partial charge in [-0.05, 0) is 31.7 Å². The highest BCUT2D eigenvalue weighted by Gasteiger charge is 2.22. The van der Waals surface area contributed by atoms with Crippen molar-refractivity contribution in [2.45, 2.75) is 33.2 Å². The molecule has 0 radical (unpaired) electrons. The lowest BCUT2D eigenvalue weighted by Gasteiger charge is -2.18. The van der Waals surface area contributed by atoms with Crippen molar-refractivity contribution < 1.29 is 4.74 Å². The Hall–Kier alpha value is -0.0800. The van der Waals surface area contributed by atoms with Crippen molar-refractivity contribution in [2.24, 2.45) is 22.6 Å². The van der Waals surface area contributed by atoms with Crippen LogP contribution >= 0.6 is 24.0 Å². The van der Waals surface area contributed by atoms with Crippen LogP contribution in [0.2, 0.25) is 0 Å². The first-order valence-electron chi connectivity index (χ1n) is 7.29. The van der Waals surface area contributed by atoms with Crippen LogP contribution in [-0.4, -0.2) is 56.8 Å². The number of nitrogens with one attached hydrogen (secondary N) is 1. The molecule has 6 heteroatoms. The van der Waals surface area contributed by atoms with Gasteiger partial charge in [0.1, 0.15) is 0 Å². The minimum Gasteiger partial charge on any atom is -0.383 e. The smallest absolute Gasteiger partial charge is 0.188 e. The predicted molar refractivity (Wildman–Crippen MR) is 95.8 cm³/mol. The monoisotopic (exact) mass is 398 g/mol. The first kappa shape index (κ1) is 19.9. The summed E-state index contributed by atoms with van der Waals surface area (Å²) in [5.74, 6) is 1.92. The maximum absolute atomic E-state index is 5.87. The topological polar surface area (TPSA) is 62.9 Å². The van der Waals surface area contributed by atoms with E-state index in [1.165, 1.54) is 19.5 Å². The third-order valence-corrected chi connectivity index (χ3v) is 3.32. The second kappa shape index (κ2) is 10.6. The lowest BCUT2D eigenvalue weighted by atomic mass is 10.1. The number of hydrogen-bond acceptors (Lipinski definition) is 3. The molecule has 5 nitrogen and oxygen atoms in total. The van der Waals surface area contributed by atoms with Gasteiger partial charge in [-0.1, -0.05) is 13.8 Å². The number of ether oxygens (including phenoxy) is 1. The Morgan fingerprint density at radius 2 is 2.15 bits per heavy atom. The van der Waals surface area contributed by atoms with Crippen LogP contribution in [0.5, 0.6) is 0 Å². The second-order valence-corrected chi connectivity index (χ2v) is 6.03. The van der Waals surface area contributed by atoms with Crippen LogP contribution < -0.4 is 11.1 Å². The second-order valence-electron chi connectivity index (χ2n) is 6.03. The van der Waals surface area contributed by atoms with Crippen LogP contribution in [0.15, 0.2) is 4.99 Å². The Morgan fingerprint density at radius 3 is 2.75 bits per heavy atom. The molecular formula is C14H31IN4O. The van der Waals surface area contributed by atoms with E-state index in [1.807, 2.05) is 6.92 Å². The van der Waals surface area contributed by atoms with Gasteiger partial charge in [-0.15, -0.1) is 24.0 Å². The number of nitrogens with zero attached hydrogens (tertiary/aromatic N) is 2. The van der Waals surface area contributed by atoms with Gasteiger partial charge in [-0.25, -0.2) is 0 Å². The van der Waals surface area contributed by atoms with Crippen LogP contribution in [0.3, 0.4) is 0 Å². The fourth-order valence-corrected chi connectivity index (χ4v) is 2.56. The molecule has 0 amide bonds. The van der Waals surface area contributed by atoms with Crippen LogP contribution in [0.1, 0.15) is 27.2 Å². The van der Waals surface area contributed by atoms with E-state index in [9.17, 15) is 0 Å². The highest BCUT2D eigenvalue weighted by molar-refractivity contribution is 14.0. The first-order valence-corrected chi connectivity index (χ1v) is 7.29. The third kappa shape index (κ3) is 8.26. The Morgan fingerprint density at radius 1 is 1.45 bits per heavy atom. The van der Waals surface area contributed by atoms with Gasteiger partial charge in [-0.2, -0.15) is 0 Å². The third-order valence-electron chi connectivity index (χ3n) is 3.32.